The summed E-state index contributed by atoms with van der Waals surface area (Å²) in [6.45, 7) is 9.73. The van der Waals surface area contributed by atoms with Crippen molar-refractivity contribution in [2.75, 3.05) is 33.4 Å². The lowest BCUT2D eigenvalue weighted by atomic mass is 9.62. The molecule has 2 aliphatic heterocycles. The van der Waals surface area contributed by atoms with Gasteiger partial charge in [-0.1, -0.05) is 50.2 Å². The average molecular weight is 489 g/mol. The largest absolute Gasteiger partial charge is 0.381 e. The van der Waals surface area contributed by atoms with Crippen molar-refractivity contribution in [1.29, 1.82) is 0 Å². The van der Waals surface area contributed by atoms with Gasteiger partial charge in [0.15, 0.2) is 0 Å². The van der Waals surface area contributed by atoms with Crippen molar-refractivity contribution in [3.63, 3.8) is 0 Å². The summed E-state index contributed by atoms with van der Waals surface area (Å²) in [5, 5.41) is 16.8. The Kier molecular flexibility index (Phi) is 5.59. The van der Waals surface area contributed by atoms with Gasteiger partial charge in [-0.2, -0.15) is 4.98 Å². The highest BCUT2D eigenvalue weighted by atomic mass is 16.5. The first-order valence-corrected chi connectivity index (χ1v) is 13.1. The molecule has 2 atom stereocenters. The maximum Gasteiger partial charge on any atom is 0.230 e. The standard InChI is InChI=1S/C29H36N4O3/c1-19(2)20-5-7-22(8-6-20)29(34,27(3)17-33(4)18-27)23-13-21(15-30-16-23)25-31-26(36-32-25)24-14-28(24)9-11-35-12-10-28/h5-8,13,15-16,19,24,34H,9-12,14,17-18H2,1-4H3/t24?,29-/m0/s1. The number of ether oxygens (including phenoxy) is 1. The first-order valence-electron chi connectivity index (χ1n) is 13.1. The number of likely N-dealkylation sites (tertiary alicyclic amines) is 1. The maximum absolute atomic E-state index is 12.5. The maximum atomic E-state index is 12.5. The molecule has 3 aromatic rings. The Hall–Kier alpha value is -2.61. The first-order chi connectivity index (χ1) is 17.2. The zero-order valence-corrected chi connectivity index (χ0v) is 21.7. The van der Waals surface area contributed by atoms with Crippen LogP contribution in [0.3, 0.4) is 0 Å². The number of hydrogen-bond donors (Lipinski definition) is 1. The van der Waals surface area contributed by atoms with Crippen LogP contribution in [0.4, 0.5) is 0 Å². The Bertz CT molecular complexity index is 1240. The molecule has 3 fully saturated rings. The van der Waals surface area contributed by atoms with E-state index in [1.54, 1.807) is 12.4 Å². The van der Waals surface area contributed by atoms with Gasteiger partial charge in [-0.3, -0.25) is 4.98 Å². The first kappa shape index (κ1) is 23.8. The van der Waals surface area contributed by atoms with Crippen LogP contribution < -0.4 is 0 Å². The van der Waals surface area contributed by atoms with Crippen LogP contribution in [0.2, 0.25) is 0 Å². The van der Waals surface area contributed by atoms with E-state index in [2.05, 4.69) is 67.1 Å². The second-order valence-corrected chi connectivity index (χ2v) is 11.9. The number of benzene rings is 1. The van der Waals surface area contributed by atoms with E-state index in [0.717, 1.165) is 62.3 Å². The Balaban J connectivity index is 1.34. The quantitative estimate of drug-likeness (QED) is 0.537. The zero-order valence-electron chi connectivity index (χ0n) is 21.7. The Morgan fingerprint density at radius 1 is 1.08 bits per heavy atom. The summed E-state index contributed by atoms with van der Waals surface area (Å²) in [6, 6.07) is 10.4. The van der Waals surface area contributed by atoms with E-state index < -0.39 is 5.60 Å². The fraction of sp³-hybridized carbons (Fsp3) is 0.552. The summed E-state index contributed by atoms with van der Waals surface area (Å²) in [5.74, 6) is 1.99. The van der Waals surface area contributed by atoms with Crippen LogP contribution in [-0.4, -0.2) is 58.5 Å². The van der Waals surface area contributed by atoms with Crippen LogP contribution in [0.1, 0.15) is 74.5 Å². The van der Waals surface area contributed by atoms with Crippen molar-refractivity contribution in [1.82, 2.24) is 20.0 Å². The molecule has 2 aromatic heterocycles. The average Bonchev–Trinajstić information content (AvgIpc) is 3.32. The molecule has 1 aromatic carbocycles. The molecule has 4 heterocycles. The molecule has 6 rings (SSSR count). The molecule has 1 N–H and O–H groups in total. The van der Waals surface area contributed by atoms with E-state index >= 15 is 0 Å². The topological polar surface area (TPSA) is 84.5 Å². The molecule has 0 bridgehead atoms. The van der Waals surface area contributed by atoms with Crippen LogP contribution in [0.25, 0.3) is 11.4 Å². The smallest absolute Gasteiger partial charge is 0.230 e. The predicted octanol–water partition coefficient (Wildman–Crippen LogP) is 4.73. The summed E-state index contributed by atoms with van der Waals surface area (Å²) in [6.07, 6.45) is 6.74. The molecule has 36 heavy (non-hydrogen) atoms. The lowest BCUT2D eigenvalue weighted by molar-refractivity contribution is -0.127. The van der Waals surface area contributed by atoms with E-state index in [0.29, 0.717) is 23.6 Å². The van der Waals surface area contributed by atoms with Gasteiger partial charge in [-0.25, -0.2) is 0 Å². The molecular weight excluding hydrogens is 452 g/mol. The molecule has 1 unspecified atom stereocenters. The molecule has 1 spiro atoms. The van der Waals surface area contributed by atoms with Crippen LogP contribution in [0.15, 0.2) is 47.2 Å². The zero-order chi connectivity index (χ0) is 25.1. The van der Waals surface area contributed by atoms with Gasteiger partial charge < -0.3 is 19.3 Å². The Morgan fingerprint density at radius 3 is 2.47 bits per heavy atom. The summed E-state index contributed by atoms with van der Waals surface area (Å²) in [7, 11) is 2.09. The minimum atomic E-state index is -1.20. The van der Waals surface area contributed by atoms with Crippen LogP contribution in [0, 0.1) is 10.8 Å². The minimum Gasteiger partial charge on any atom is -0.381 e. The van der Waals surface area contributed by atoms with Crippen LogP contribution in [0.5, 0.6) is 0 Å². The molecule has 1 aliphatic carbocycles. The highest BCUT2D eigenvalue weighted by molar-refractivity contribution is 5.56. The van der Waals surface area contributed by atoms with Crippen molar-refractivity contribution < 1.29 is 14.4 Å². The number of pyridine rings is 1. The van der Waals surface area contributed by atoms with E-state index in [1.165, 1.54) is 5.56 Å². The molecule has 0 amide bonds. The molecule has 1 saturated carbocycles. The van der Waals surface area contributed by atoms with Gasteiger partial charge in [0, 0.05) is 61.2 Å². The minimum absolute atomic E-state index is 0.273. The van der Waals surface area contributed by atoms with Gasteiger partial charge in [-0.05, 0) is 54.8 Å². The summed E-state index contributed by atoms with van der Waals surface area (Å²) in [5.41, 5.74) is 2.38. The number of rotatable bonds is 6. The Morgan fingerprint density at radius 2 is 1.81 bits per heavy atom. The molecule has 7 heteroatoms. The second-order valence-electron chi connectivity index (χ2n) is 11.9. The third-order valence-electron chi connectivity index (χ3n) is 8.94. The molecule has 2 saturated heterocycles. The third kappa shape index (κ3) is 3.71. The second kappa shape index (κ2) is 8.47. The van der Waals surface area contributed by atoms with Gasteiger partial charge in [0.25, 0.3) is 0 Å². The summed E-state index contributed by atoms with van der Waals surface area (Å²) >= 11 is 0. The molecular formula is C29H36N4O3. The number of aromatic nitrogens is 3. The van der Waals surface area contributed by atoms with Gasteiger partial charge in [0.2, 0.25) is 11.7 Å². The summed E-state index contributed by atoms with van der Waals surface area (Å²) < 4.78 is 11.3. The van der Waals surface area contributed by atoms with Crippen LogP contribution >= 0.6 is 0 Å². The highest BCUT2D eigenvalue weighted by Gasteiger charge is 2.58. The van der Waals surface area contributed by atoms with Crippen molar-refractivity contribution in [2.45, 2.75) is 57.5 Å². The van der Waals surface area contributed by atoms with Gasteiger partial charge >= 0.3 is 0 Å². The van der Waals surface area contributed by atoms with Gasteiger partial charge in [0.05, 0.1) is 0 Å². The van der Waals surface area contributed by atoms with Crippen molar-refractivity contribution >= 4 is 0 Å². The number of aliphatic hydroxyl groups is 1. The highest BCUT2D eigenvalue weighted by Crippen LogP contribution is 2.64. The number of nitrogens with zero attached hydrogens (tertiary/aromatic N) is 4. The molecule has 0 radical (unpaired) electrons. The van der Waals surface area contributed by atoms with Crippen molar-refractivity contribution in [2.24, 2.45) is 10.8 Å². The fourth-order valence-electron chi connectivity index (χ4n) is 6.63. The monoisotopic (exact) mass is 488 g/mol. The lowest BCUT2D eigenvalue weighted by Crippen LogP contribution is -2.63. The van der Waals surface area contributed by atoms with Gasteiger partial charge in [-0.15, -0.1) is 0 Å². The molecule has 3 aliphatic rings. The molecule has 7 nitrogen and oxygen atoms in total. The van der Waals surface area contributed by atoms with Crippen molar-refractivity contribution in [3.05, 3.63) is 65.3 Å². The SMILES string of the molecule is CC(C)c1ccc([C@](O)(c2cncc(-c3noc(C4CC45CCOCC5)n3)c2)C2(C)CN(C)C2)cc1. The molecule has 190 valence electrons. The Labute approximate surface area is 212 Å². The van der Waals surface area contributed by atoms with E-state index in [4.69, 9.17) is 14.2 Å². The van der Waals surface area contributed by atoms with Crippen molar-refractivity contribution in [3.8, 4) is 11.4 Å². The predicted molar refractivity (Wildman–Crippen MR) is 137 cm³/mol. The normalized spacial score (nSPS) is 24.4. The van der Waals surface area contributed by atoms with Gasteiger partial charge in [0.1, 0.15) is 5.60 Å². The lowest BCUT2D eigenvalue weighted by Gasteiger charge is -2.55. The van der Waals surface area contributed by atoms with E-state index in [1.807, 2.05) is 6.07 Å². The van der Waals surface area contributed by atoms with E-state index in [9.17, 15) is 5.11 Å². The van der Waals surface area contributed by atoms with E-state index in [-0.39, 0.29) is 10.8 Å². The van der Waals surface area contributed by atoms with Crippen LogP contribution in [-0.2, 0) is 10.3 Å². The fourth-order valence-corrected chi connectivity index (χ4v) is 6.63. The third-order valence-corrected chi connectivity index (χ3v) is 8.94. The summed E-state index contributed by atoms with van der Waals surface area (Å²) in [4.78, 5) is 11.5. The number of hydrogen-bond acceptors (Lipinski definition) is 7.